The summed E-state index contributed by atoms with van der Waals surface area (Å²) in [5, 5.41) is 6.67. The van der Waals surface area contributed by atoms with Crippen molar-refractivity contribution < 1.29 is 4.79 Å². The highest BCUT2D eigenvalue weighted by molar-refractivity contribution is 6.30. The number of hydrogen-bond acceptors (Lipinski definition) is 3. The summed E-state index contributed by atoms with van der Waals surface area (Å²) < 4.78 is 0. The van der Waals surface area contributed by atoms with Crippen molar-refractivity contribution in [1.29, 1.82) is 0 Å². The van der Waals surface area contributed by atoms with Crippen LogP contribution in [0, 0.1) is 6.92 Å². The number of aromatic nitrogens is 1. The molecule has 0 fully saturated rings. The summed E-state index contributed by atoms with van der Waals surface area (Å²) in [6.07, 6.45) is 3.24. The van der Waals surface area contributed by atoms with Gasteiger partial charge >= 0.3 is 0 Å². The van der Waals surface area contributed by atoms with Crippen LogP contribution in [0.3, 0.4) is 0 Å². The number of nitrogens with zero attached hydrogens (tertiary/aromatic N) is 1. The van der Waals surface area contributed by atoms with Crippen LogP contribution in [0.4, 0.5) is 11.4 Å². The van der Waals surface area contributed by atoms with Gasteiger partial charge in [0.2, 0.25) is 0 Å². The molecule has 0 aliphatic rings. The van der Waals surface area contributed by atoms with E-state index in [1.165, 1.54) is 17.3 Å². The Morgan fingerprint density at radius 1 is 1.04 bits per heavy atom. The van der Waals surface area contributed by atoms with Crippen LogP contribution in [0.25, 0.3) is 0 Å². The lowest BCUT2D eigenvalue weighted by molar-refractivity contribution is 0.102. The van der Waals surface area contributed by atoms with Crippen molar-refractivity contribution in [3.63, 3.8) is 0 Å². The number of rotatable bonds is 5. The van der Waals surface area contributed by atoms with E-state index in [9.17, 15) is 4.79 Å². The van der Waals surface area contributed by atoms with Crippen LogP contribution in [0.1, 0.15) is 21.5 Å². The molecule has 2 N–H and O–H groups in total. The van der Waals surface area contributed by atoms with E-state index in [-0.39, 0.29) is 5.91 Å². The Morgan fingerprint density at radius 3 is 2.60 bits per heavy atom. The van der Waals surface area contributed by atoms with Crippen molar-refractivity contribution in [3.05, 3.63) is 88.7 Å². The Balaban J connectivity index is 1.66. The number of anilines is 2. The number of benzene rings is 2. The van der Waals surface area contributed by atoms with E-state index >= 15 is 0 Å². The first-order chi connectivity index (χ1) is 12.1. The molecule has 0 aliphatic carbocycles. The van der Waals surface area contributed by atoms with Crippen molar-refractivity contribution in [3.8, 4) is 0 Å². The fourth-order valence-electron chi connectivity index (χ4n) is 2.34. The third-order valence-electron chi connectivity index (χ3n) is 3.70. The number of nitrogens with one attached hydrogen (secondary N) is 2. The minimum absolute atomic E-state index is 0.228. The molecule has 2 aromatic carbocycles. The molecule has 0 saturated heterocycles. The molecule has 0 atom stereocenters. The number of carbonyl (C=O) groups is 1. The van der Waals surface area contributed by atoms with Crippen LogP contribution in [0.5, 0.6) is 0 Å². The summed E-state index contributed by atoms with van der Waals surface area (Å²) in [6.45, 7) is 2.73. The maximum absolute atomic E-state index is 12.4. The quantitative estimate of drug-likeness (QED) is 0.686. The van der Waals surface area contributed by atoms with Crippen molar-refractivity contribution in [1.82, 2.24) is 4.98 Å². The average molecular weight is 352 g/mol. The molecule has 3 aromatic rings. The van der Waals surface area contributed by atoms with E-state index in [1.54, 1.807) is 36.5 Å². The molecule has 1 heterocycles. The number of amides is 1. The minimum Gasteiger partial charge on any atom is -0.380 e. The van der Waals surface area contributed by atoms with Gasteiger partial charge in [-0.05, 0) is 36.8 Å². The van der Waals surface area contributed by atoms with Crippen LogP contribution in [-0.2, 0) is 6.54 Å². The van der Waals surface area contributed by atoms with Gasteiger partial charge < -0.3 is 10.6 Å². The predicted molar refractivity (Wildman–Crippen MR) is 102 cm³/mol. The van der Waals surface area contributed by atoms with E-state index in [1.807, 2.05) is 0 Å². The molecule has 0 saturated carbocycles. The number of carbonyl (C=O) groups excluding carboxylic acids is 1. The number of halogens is 1. The van der Waals surface area contributed by atoms with E-state index < -0.39 is 0 Å². The van der Waals surface area contributed by atoms with Crippen molar-refractivity contribution in [2.45, 2.75) is 13.5 Å². The molecule has 3 rings (SSSR count). The number of hydrogen-bond donors (Lipinski definition) is 2. The third-order valence-corrected chi connectivity index (χ3v) is 3.94. The van der Waals surface area contributed by atoms with Crippen LogP contribution in [0.2, 0.25) is 5.02 Å². The van der Waals surface area contributed by atoms with Gasteiger partial charge in [-0.2, -0.15) is 0 Å². The van der Waals surface area contributed by atoms with Crippen molar-refractivity contribution in [2.75, 3.05) is 10.6 Å². The molecule has 4 nitrogen and oxygen atoms in total. The summed E-state index contributed by atoms with van der Waals surface area (Å²) in [5.41, 5.74) is 4.31. The maximum atomic E-state index is 12.4. The molecule has 0 aliphatic heterocycles. The topological polar surface area (TPSA) is 54.0 Å². The molecule has 5 heteroatoms. The second-order valence-corrected chi connectivity index (χ2v) is 6.20. The molecule has 0 radical (unpaired) electrons. The van der Waals surface area contributed by atoms with Gasteiger partial charge in [-0.1, -0.05) is 47.5 Å². The molecule has 1 amide bonds. The summed E-state index contributed by atoms with van der Waals surface area (Å²) in [7, 11) is 0. The second kappa shape index (κ2) is 7.81. The summed E-state index contributed by atoms with van der Waals surface area (Å²) in [4.78, 5) is 16.5. The minimum atomic E-state index is -0.228. The third kappa shape index (κ3) is 4.81. The Morgan fingerprint density at radius 2 is 1.84 bits per heavy atom. The van der Waals surface area contributed by atoms with Crippen molar-refractivity contribution >= 4 is 28.9 Å². The maximum Gasteiger partial charge on any atom is 0.257 e. The van der Waals surface area contributed by atoms with Gasteiger partial charge in [0.05, 0.1) is 11.3 Å². The molecule has 0 bridgehead atoms. The van der Waals surface area contributed by atoms with Gasteiger partial charge in [-0.15, -0.1) is 0 Å². The summed E-state index contributed by atoms with van der Waals surface area (Å²) in [6, 6.07) is 17.1. The van der Waals surface area contributed by atoms with E-state index in [2.05, 4.69) is 46.8 Å². The summed E-state index contributed by atoms with van der Waals surface area (Å²) in [5.74, 6) is -0.228. The normalized spacial score (nSPS) is 10.3. The predicted octanol–water partition coefficient (Wildman–Crippen LogP) is 4.91. The van der Waals surface area contributed by atoms with Gasteiger partial charge in [0.25, 0.3) is 5.91 Å². The second-order valence-electron chi connectivity index (χ2n) is 5.77. The fourth-order valence-corrected chi connectivity index (χ4v) is 2.53. The molecule has 126 valence electrons. The Labute approximate surface area is 151 Å². The first-order valence-electron chi connectivity index (χ1n) is 7.91. The molecule has 1 aromatic heterocycles. The van der Waals surface area contributed by atoms with E-state index in [0.717, 1.165) is 5.69 Å². The lowest BCUT2D eigenvalue weighted by Crippen LogP contribution is -2.12. The van der Waals surface area contributed by atoms with Gasteiger partial charge in [-0.25, -0.2) is 0 Å². The van der Waals surface area contributed by atoms with Crippen LogP contribution >= 0.6 is 11.6 Å². The zero-order chi connectivity index (χ0) is 17.6. The monoisotopic (exact) mass is 351 g/mol. The highest BCUT2D eigenvalue weighted by atomic mass is 35.5. The Kier molecular flexibility index (Phi) is 5.31. The van der Waals surface area contributed by atoms with Crippen LogP contribution in [-0.4, -0.2) is 10.9 Å². The zero-order valence-electron chi connectivity index (χ0n) is 13.8. The average Bonchev–Trinajstić information content (AvgIpc) is 2.61. The van der Waals surface area contributed by atoms with Gasteiger partial charge in [0.1, 0.15) is 0 Å². The Hall–Kier alpha value is -2.85. The first-order valence-corrected chi connectivity index (χ1v) is 8.29. The molecule has 0 spiro atoms. The lowest BCUT2D eigenvalue weighted by atomic mass is 10.1. The van der Waals surface area contributed by atoms with Gasteiger partial charge in [0.15, 0.2) is 0 Å². The Bertz CT molecular complexity index is 878. The lowest BCUT2D eigenvalue weighted by Gasteiger charge is -2.09. The SMILES string of the molecule is Cc1ccc(CNc2cncc(C(=O)Nc3cccc(Cl)c3)c2)cc1. The highest BCUT2D eigenvalue weighted by Crippen LogP contribution is 2.17. The fraction of sp³-hybridized carbons (Fsp3) is 0.100. The molecule has 0 unspecified atom stereocenters. The van der Waals surface area contributed by atoms with Crippen LogP contribution < -0.4 is 10.6 Å². The van der Waals surface area contributed by atoms with E-state index in [4.69, 9.17) is 11.6 Å². The van der Waals surface area contributed by atoms with Crippen molar-refractivity contribution in [2.24, 2.45) is 0 Å². The standard InChI is InChI=1S/C20H18ClN3O/c1-14-5-7-15(8-6-14)11-23-19-9-16(12-22-13-19)20(25)24-18-4-2-3-17(21)10-18/h2-10,12-13,23H,11H2,1H3,(H,24,25). The van der Waals surface area contributed by atoms with Gasteiger partial charge in [-0.3, -0.25) is 9.78 Å². The number of aryl methyl sites for hydroxylation is 1. The smallest absolute Gasteiger partial charge is 0.257 e. The summed E-state index contributed by atoms with van der Waals surface area (Å²) >= 11 is 5.94. The molecule has 25 heavy (non-hydrogen) atoms. The molecular weight excluding hydrogens is 334 g/mol. The zero-order valence-corrected chi connectivity index (χ0v) is 14.5. The first kappa shape index (κ1) is 17.0. The molecular formula is C20H18ClN3O. The van der Waals surface area contributed by atoms with Crippen LogP contribution in [0.15, 0.2) is 67.0 Å². The number of pyridine rings is 1. The largest absolute Gasteiger partial charge is 0.380 e. The van der Waals surface area contributed by atoms with E-state index in [0.29, 0.717) is 22.8 Å². The van der Waals surface area contributed by atoms with Gasteiger partial charge in [0, 0.05) is 29.6 Å². The highest BCUT2D eigenvalue weighted by Gasteiger charge is 2.08.